The molecular weight excluding hydrogens is 355 g/mol. The number of carbonyl (C=O) groups excluding carboxylic acids is 1. The largest absolute Gasteiger partial charge is 0.354 e. The van der Waals surface area contributed by atoms with E-state index >= 15 is 0 Å². The summed E-state index contributed by atoms with van der Waals surface area (Å²) < 4.78 is 13.7. The second kappa shape index (κ2) is 7.92. The van der Waals surface area contributed by atoms with Gasteiger partial charge >= 0.3 is 0 Å². The highest BCUT2D eigenvalue weighted by molar-refractivity contribution is 5.86. The maximum atomic E-state index is 13.7. The summed E-state index contributed by atoms with van der Waals surface area (Å²) in [6, 6.07) is 14.3. The minimum Gasteiger partial charge on any atom is -0.354 e. The fourth-order valence-corrected chi connectivity index (χ4v) is 3.77. The lowest BCUT2D eigenvalue weighted by Crippen LogP contribution is -2.44. The van der Waals surface area contributed by atoms with E-state index in [1.165, 1.54) is 6.07 Å². The van der Waals surface area contributed by atoms with Crippen LogP contribution < -0.4 is 10.2 Å². The van der Waals surface area contributed by atoms with E-state index in [4.69, 9.17) is 0 Å². The number of hydrogen-bond donors (Lipinski definition) is 1. The topological polar surface area (TPSA) is 58.1 Å². The van der Waals surface area contributed by atoms with E-state index in [1.807, 2.05) is 36.1 Å². The molecule has 1 unspecified atom stereocenters. The molecule has 2 aromatic carbocycles. The first-order valence-electron chi connectivity index (χ1n) is 9.64. The molecule has 6 heteroatoms. The third-order valence-electron chi connectivity index (χ3n) is 5.25. The molecule has 0 spiro atoms. The average Bonchev–Trinajstić information content (AvgIpc) is 3.19. The summed E-state index contributed by atoms with van der Waals surface area (Å²) in [6.07, 6.45) is 2.15. The summed E-state index contributed by atoms with van der Waals surface area (Å²) in [5.41, 5.74) is 2.40. The van der Waals surface area contributed by atoms with Crippen molar-refractivity contribution in [3.8, 4) is 0 Å². The van der Waals surface area contributed by atoms with E-state index in [0.717, 1.165) is 36.0 Å². The molecule has 1 saturated heterocycles. The van der Waals surface area contributed by atoms with Crippen molar-refractivity contribution in [2.45, 2.75) is 32.2 Å². The van der Waals surface area contributed by atoms with Gasteiger partial charge in [0.05, 0.1) is 11.2 Å². The van der Waals surface area contributed by atoms with Gasteiger partial charge < -0.3 is 10.2 Å². The summed E-state index contributed by atoms with van der Waals surface area (Å²) in [4.78, 5) is 24.1. The Morgan fingerprint density at radius 3 is 2.82 bits per heavy atom. The van der Waals surface area contributed by atoms with E-state index in [-0.39, 0.29) is 17.8 Å². The normalized spacial score (nSPS) is 16.5. The molecule has 0 bridgehead atoms. The molecule has 4 rings (SSSR count). The molecule has 1 amide bonds. The Hall–Kier alpha value is -3.02. The van der Waals surface area contributed by atoms with Crippen molar-refractivity contribution in [2.75, 3.05) is 18.0 Å². The molecule has 144 valence electrons. The van der Waals surface area contributed by atoms with Gasteiger partial charge in [-0.3, -0.25) is 4.79 Å². The number of aromatic nitrogens is 2. The van der Waals surface area contributed by atoms with Gasteiger partial charge in [-0.1, -0.05) is 36.4 Å². The molecule has 0 radical (unpaired) electrons. The van der Waals surface area contributed by atoms with Crippen LogP contribution >= 0.6 is 0 Å². The van der Waals surface area contributed by atoms with Crippen molar-refractivity contribution in [1.82, 2.24) is 15.3 Å². The molecule has 1 aliphatic rings. The SMILES string of the molecule is Cc1nc(N2CCCC2C(=O)NCCc2ccccc2F)nc2ccccc12. The Morgan fingerprint density at radius 2 is 1.96 bits per heavy atom. The molecule has 1 aromatic heterocycles. The molecule has 2 heterocycles. The first-order chi connectivity index (χ1) is 13.6. The number of halogens is 1. The van der Waals surface area contributed by atoms with Crippen molar-refractivity contribution < 1.29 is 9.18 Å². The zero-order valence-corrected chi connectivity index (χ0v) is 15.9. The standard InChI is InChI=1S/C22H23FN4O/c1-15-17-8-3-5-10-19(17)26-22(25-15)27-14-6-11-20(27)21(28)24-13-12-16-7-2-4-9-18(16)23/h2-5,7-10,20H,6,11-14H2,1H3,(H,24,28). The highest BCUT2D eigenvalue weighted by Gasteiger charge is 2.32. The van der Waals surface area contributed by atoms with Crippen LogP contribution in [-0.2, 0) is 11.2 Å². The molecular formula is C22H23FN4O. The number of nitrogens with zero attached hydrogens (tertiary/aromatic N) is 3. The van der Waals surface area contributed by atoms with Crippen LogP contribution in [0.1, 0.15) is 24.1 Å². The lowest BCUT2D eigenvalue weighted by atomic mass is 10.1. The van der Waals surface area contributed by atoms with Gasteiger partial charge in [0.2, 0.25) is 11.9 Å². The summed E-state index contributed by atoms with van der Waals surface area (Å²) in [7, 11) is 0. The molecule has 1 atom stereocenters. The zero-order chi connectivity index (χ0) is 19.5. The number of fused-ring (bicyclic) bond motifs is 1. The van der Waals surface area contributed by atoms with E-state index in [0.29, 0.717) is 24.5 Å². The molecule has 0 saturated carbocycles. The van der Waals surface area contributed by atoms with Crippen LogP contribution in [0.5, 0.6) is 0 Å². The van der Waals surface area contributed by atoms with Crippen LogP contribution in [0, 0.1) is 12.7 Å². The van der Waals surface area contributed by atoms with Crippen LogP contribution in [-0.4, -0.2) is 35.0 Å². The third-order valence-corrected chi connectivity index (χ3v) is 5.25. The number of hydrogen-bond acceptors (Lipinski definition) is 4. The summed E-state index contributed by atoms with van der Waals surface area (Å²) in [5, 5.41) is 3.97. The van der Waals surface area contributed by atoms with Gasteiger partial charge in [0.1, 0.15) is 11.9 Å². The first kappa shape index (κ1) is 18.3. The van der Waals surface area contributed by atoms with Crippen molar-refractivity contribution in [3.63, 3.8) is 0 Å². The quantitative estimate of drug-likeness (QED) is 0.739. The Labute approximate surface area is 163 Å². The molecule has 3 aromatic rings. The fraction of sp³-hybridized carbons (Fsp3) is 0.318. The van der Waals surface area contributed by atoms with Gasteiger partial charge in [0.25, 0.3) is 0 Å². The van der Waals surface area contributed by atoms with Gasteiger partial charge in [-0.15, -0.1) is 0 Å². The lowest BCUT2D eigenvalue weighted by Gasteiger charge is -2.24. The van der Waals surface area contributed by atoms with Crippen LogP contribution in [0.3, 0.4) is 0 Å². The minimum atomic E-state index is -0.291. The number of carbonyl (C=O) groups is 1. The van der Waals surface area contributed by atoms with Crippen LogP contribution in [0.15, 0.2) is 48.5 Å². The number of nitrogens with one attached hydrogen (secondary N) is 1. The average molecular weight is 378 g/mol. The van der Waals surface area contributed by atoms with Crippen molar-refractivity contribution >= 4 is 22.8 Å². The number of para-hydroxylation sites is 1. The van der Waals surface area contributed by atoms with Crippen molar-refractivity contribution in [1.29, 1.82) is 0 Å². The highest BCUT2D eigenvalue weighted by atomic mass is 19.1. The predicted molar refractivity (Wildman–Crippen MR) is 108 cm³/mol. The molecule has 28 heavy (non-hydrogen) atoms. The molecule has 0 aliphatic carbocycles. The Balaban J connectivity index is 1.46. The van der Waals surface area contributed by atoms with Gasteiger partial charge in [0, 0.05) is 18.5 Å². The smallest absolute Gasteiger partial charge is 0.242 e. The Kier molecular flexibility index (Phi) is 5.19. The van der Waals surface area contributed by atoms with Gasteiger partial charge in [-0.05, 0) is 43.9 Å². The summed E-state index contributed by atoms with van der Waals surface area (Å²) in [6.45, 7) is 3.12. The molecule has 1 fully saturated rings. The fourth-order valence-electron chi connectivity index (χ4n) is 3.77. The summed E-state index contributed by atoms with van der Waals surface area (Å²) >= 11 is 0. The van der Waals surface area contributed by atoms with Crippen LogP contribution in [0.2, 0.25) is 0 Å². The number of amides is 1. The van der Waals surface area contributed by atoms with Crippen molar-refractivity contribution in [3.05, 3.63) is 65.6 Å². The van der Waals surface area contributed by atoms with Gasteiger partial charge in [0.15, 0.2) is 0 Å². The van der Waals surface area contributed by atoms with E-state index in [2.05, 4.69) is 15.3 Å². The number of anilines is 1. The second-order valence-corrected chi connectivity index (χ2v) is 7.11. The molecule has 1 aliphatic heterocycles. The summed E-state index contributed by atoms with van der Waals surface area (Å²) in [5.74, 6) is 0.311. The first-order valence-corrected chi connectivity index (χ1v) is 9.64. The zero-order valence-electron chi connectivity index (χ0n) is 15.9. The van der Waals surface area contributed by atoms with Gasteiger partial charge in [-0.2, -0.15) is 0 Å². The highest BCUT2D eigenvalue weighted by Crippen LogP contribution is 2.25. The second-order valence-electron chi connectivity index (χ2n) is 7.11. The van der Waals surface area contributed by atoms with Crippen LogP contribution in [0.4, 0.5) is 10.3 Å². The number of benzene rings is 2. The Bertz CT molecular complexity index is 1010. The maximum absolute atomic E-state index is 13.7. The van der Waals surface area contributed by atoms with E-state index < -0.39 is 0 Å². The molecule has 5 nitrogen and oxygen atoms in total. The predicted octanol–water partition coefficient (Wildman–Crippen LogP) is 3.41. The number of rotatable bonds is 5. The van der Waals surface area contributed by atoms with Crippen molar-refractivity contribution in [2.24, 2.45) is 0 Å². The lowest BCUT2D eigenvalue weighted by molar-refractivity contribution is -0.122. The maximum Gasteiger partial charge on any atom is 0.242 e. The third kappa shape index (κ3) is 3.67. The van der Waals surface area contributed by atoms with E-state index in [9.17, 15) is 9.18 Å². The Morgan fingerprint density at radius 1 is 1.18 bits per heavy atom. The van der Waals surface area contributed by atoms with Gasteiger partial charge in [-0.25, -0.2) is 14.4 Å². The number of aryl methyl sites for hydroxylation is 1. The minimum absolute atomic E-state index is 0.0525. The molecule has 1 N–H and O–H groups in total. The monoisotopic (exact) mass is 378 g/mol. The van der Waals surface area contributed by atoms with E-state index in [1.54, 1.807) is 18.2 Å². The van der Waals surface area contributed by atoms with Crippen LogP contribution in [0.25, 0.3) is 10.9 Å².